The third kappa shape index (κ3) is 3.66. The molecule has 4 aromatic rings. The van der Waals surface area contributed by atoms with Crippen LogP contribution in [0.1, 0.15) is 24.5 Å². The maximum atomic E-state index is 12.7. The van der Waals surface area contributed by atoms with Crippen LogP contribution in [-0.4, -0.2) is 15.1 Å². The van der Waals surface area contributed by atoms with Crippen molar-refractivity contribution in [3.8, 4) is 0 Å². The van der Waals surface area contributed by atoms with Crippen molar-refractivity contribution in [1.82, 2.24) is 9.13 Å². The second-order valence-electron chi connectivity index (χ2n) is 7.17. The summed E-state index contributed by atoms with van der Waals surface area (Å²) in [6.07, 6.45) is 0.0517. The summed E-state index contributed by atoms with van der Waals surface area (Å²) in [5.74, 6) is -0.441. The Kier molecular flexibility index (Phi) is 5.27. The van der Waals surface area contributed by atoms with Crippen LogP contribution in [0.15, 0.2) is 62.5 Å². The van der Waals surface area contributed by atoms with Crippen molar-refractivity contribution in [2.24, 2.45) is 0 Å². The van der Waals surface area contributed by atoms with E-state index in [0.29, 0.717) is 17.7 Å². The number of rotatable bonds is 6. The van der Waals surface area contributed by atoms with Crippen LogP contribution in [0.5, 0.6) is 0 Å². The molecule has 2 aromatic heterocycles. The van der Waals surface area contributed by atoms with Gasteiger partial charge in [0.05, 0.1) is 17.5 Å². The number of nitrogens with zero attached hydrogens (tertiary/aromatic N) is 2. The Morgan fingerprint density at radius 1 is 1.03 bits per heavy atom. The first-order chi connectivity index (χ1) is 14.5. The maximum absolute atomic E-state index is 12.7. The molecule has 154 valence electrons. The highest BCUT2D eigenvalue weighted by atomic mass is 16.5. The minimum Gasteiger partial charge on any atom is -0.461 e. The van der Waals surface area contributed by atoms with E-state index in [0.717, 1.165) is 22.0 Å². The molecule has 0 fully saturated rings. The van der Waals surface area contributed by atoms with Gasteiger partial charge in [-0.3, -0.25) is 13.9 Å². The highest BCUT2D eigenvalue weighted by Crippen LogP contribution is 2.19. The maximum Gasteiger partial charge on any atom is 0.336 e. The Bertz CT molecular complexity index is 1360. The summed E-state index contributed by atoms with van der Waals surface area (Å²) in [5.41, 5.74) is 3.03. The van der Waals surface area contributed by atoms with Crippen molar-refractivity contribution in [2.75, 3.05) is 0 Å². The number of carbonyl (C=O) groups is 1. The van der Waals surface area contributed by atoms with Crippen LogP contribution in [-0.2, 0) is 29.2 Å². The molecule has 0 saturated carbocycles. The lowest BCUT2D eigenvalue weighted by molar-refractivity contribution is -0.145. The fourth-order valence-electron chi connectivity index (χ4n) is 3.68. The van der Waals surface area contributed by atoms with Crippen LogP contribution in [0, 0.1) is 6.92 Å². The van der Waals surface area contributed by atoms with Gasteiger partial charge in [0.1, 0.15) is 12.2 Å². The molecule has 0 spiro atoms. The van der Waals surface area contributed by atoms with Crippen LogP contribution in [0.4, 0.5) is 0 Å². The largest absolute Gasteiger partial charge is 0.461 e. The van der Waals surface area contributed by atoms with Gasteiger partial charge in [0.15, 0.2) is 0 Å². The SMILES string of the molecule is CCn1c(=O)n(CCC(=O)OCc2cc(=O)oc3cc(C)ccc23)c2ccccc21. The standard InChI is InChI=1S/C23H22N2O5/c1-3-24-18-6-4-5-7-19(18)25(23(24)28)11-10-21(26)29-14-16-13-22(27)30-20-12-15(2)8-9-17(16)20/h4-9,12-13H,3,10-11,14H2,1-2H3. The summed E-state index contributed by atoms with van der Waals surface area (Å²) in [4.78, 5) is 36.8. The number of ether oxygens (including phenoxy) is 1. The first kappa shape index (κ1) is 19.7. The highest BCUT2D eigenvalue weighted by Gasteiger charge is 2.14. The molecule has 4 rings (SSSR count). The Balaban J connectivity index is 1.49. The van der Waals surface area contributed by atoms with Crippen LogP contribution < -0.4 is 11.3 Å². The summed E-state index contributed by atoms with van der Waals surface area (Å²) >= 11 is 0. The van der Waals surface area contributed by atoms with Gasteiger partial charge >= 0.3 is 17.3 Å². The average molecular weight is 406 g/mol. The lowest BCUT2D eigenvalue weighted by Crippen LogP contribution is -2.25. The molecule has 0 atom stereocenters. The molecule has 7 heteroatoms. The quantitative estimate of drug-likeness (QED) is 0.362. The normalized spacial score (nSPS) is 11.3. The van der Waals surface area contributed by atoms with Crippen molar-refractivity contribution >= 4 is 28.0 Å². The zero-order chi connectivity index (χ0) is 21.3. The molecular formula is C23H22N2O5. The zero-order valence-corrected chi connectivity index (χ0v) is 16.9. The second kappa shape index (κ2) is 8.02. The topological polar surface area (TPSA) is 83.4 Å². The molecule has 0 aliphatic rings. The number of esters is 1. The smallest absolute Gasteiger partial charge is 0.336 e. The minimum absolute atomic E-state index is 0.0321. The Morgan fingerprint density at radius 3 is 2.50 bits per heavy atom. The predicted molar refractivity (Wildman–Crippen MR) is 114 cm³/mol. The number of fused-ring (bicyclic) bond motifs is 2. The van der Waals surface area contributed by atoms with E-state index >= 15 is 0 Å². The number of imidazole rings is 1. The fraction of sp³-hybridized carbons (Fsp3) is 0.261. The molecule has 0 radical (unpaired) electrons. The van der Waals surface area contributed by atoms with E-state index in [4.69, 9.17) is 9.15 Å². The molecule has 0 bridgehead atoms. The molecule has 2 heterocycles. The van der Waals surface area contributed by atoms with Gasteiger partial charge in [0.2, 0.25) is 0 Å². The van der Waals surface area contributed by atoms with E-state index < -0.39 is 11.6 Å². The molecule has 0 amide bonds. The molecule has 7 nitrogen and oxygen atoms in total. The van der Waals surface area contributed by atoms with Gasteiger partial charge in [-0.2, -0.15) is 0 Å². The van der Waals surface area contributed by atoms with Gasteiger partial charge in [-0.15, -0.1) is 0 Å². The number of aryl methyl sites for hydroxylation is 3. The average Bonchev–Trinajstić information content (AvgIpc) is 3.00. The number of aromatic nitrogens is 2. The first-order valence-corrected chi connectivity index (χ1v) is 9.85. The van der Waals surface area contributed by atoms with Gasteiger partial charge < -0.3 is 9.15 Å². The monoisotopic (exact) mass is 406 g/mol. The number of benzene rings is 2. The van der Waals surface area contributed by atoms with Gasteiger partial charge in [0.25, 0.3) is 0 Å². The third-order valence-corrected chi connectivity index (χ3v) is 5.16. The van der Waals surface area contributed by atoms with Gasteiger partial charge in [-0.1, -0.05) is 24.3 Å². The number of carbonyl (C=O) groups excluding carboxylic acids is 1. The fourth-order valence-corrected chi connectivity index (χ4v) is 3.68. The van der Waals surface area contributed by atoms with Crippen LogP contribution in [0.2, 0.25) is 0 Å². The number of para-hydroxylation sites is 2. The van der Waals surface area contributed by atoms with E-state index in [-0.39, 0.29) is 25.3 Å². The second-order valence-corrected chi connectivity index (χ2v) is 7.17. The molecule has 0 aliphatic heterocycles. The van der Waals surface area contributed by atoms with Crippen LogP contribution in [0.25, 0.3) is 22.0 Å². The zero-order valence-electron chi connectivity index (χ0n) is 16.9. The molecule has 0 aliphatic carbocycles. The van der Waals surface area contributed by atoms with E-state index in [1.54, 1.807) is 15.2 Å². The molecule has 0 N–H and O–H groups in total. The Hall–Kier alpha value is -3.61. The van der Waals surface area contributed by atoms with Crippen LogP contribution in [0.3, 0.4) is 0 Å². The summed E-state index contributed by atoms with van der Waals surface area (Å²) in [6, 6.07) is 14.4. The number of hydrogen-bond donors (Lipinski definition) is 0. The van der Waals surface area contributed by atoms with Crippen molar-refractivity contribution in [1.29, 1.82) is 0 Å². The lowest BCUT2D eigenvalue weighted by Gasteiger charge is -2.08. The Labute approximate surface area is 172 Å². The third-order valence-electron chi connectivity index (χ3n) is 5.16. The van der Waals surface area contributed by atoms with Crippen molar-refractivity contribution in [3.63, 3.8) is 0 Å². The molecule has 0 unspecified atom stereocenters. The molecule has 0 saturated heterocycles. The summed E-state index contributed by atoms with van der Waals surface area (Å²) in [5, 5.41) is 0.732. The number of hydrogen-bond acceptors (Lipinski definition) is 5. The van der Waals surface area contributed by atoms with Gasteiger partial charge in [-0.05, 0) is 37.6 Å². The van der Waals surface area contributed by atoms with Crippen molar-refractivity contribution in [3.05, 3.63) is 80.6 Å². The highest BCUT2D eigenvalue weighted by molar-refractivity contribution is 5.81. The summed E-state index contributed by atoms with van der Waals surface area (Å²) in [6.45, 7) is 4.57. The Morgan fingerprint density at radius 2 is 1.77 bits per heavy atom. The molecular weight excluding hydrogens is 384 g/mol. The van der Waals surface area contributed by atoms with Gasteiger partial charge in [0, 0.05) is 30.1 Å². The van der Waals surface area contributed by atoms with E-state index in [1.807, 2.05) is 50.2 Å². The van der Waals surface area contributed by atoms with Gasteiger partial charge in [-0.25, -0.2) is 9.59 Å². The van der Waals surface area contributed by atoms with Crippen molar-refractivity contribution < 1.29 is 13.9 Å². The predicted octanol–water partition coefficient (Wildman–Crippen LogP) is 3.37. The molecule has 2 aromatic carbocycles. The van der Waals surface area contributed by atoms with E-state index in [2.05, 4.69) is 0 Å². The first-order valence-electron chi connectivity index (χ1n) is 9.85. The molecule has 30 heavy (non-hydrogen) atoms. The van der Waals surface area contributed by atoms with Crippen molar-refractivity contribution in [2.45, 2.75) is 40.0 Å². The lowest BCUT2D eigenvalue weighted by atomic mass is 10.1. The van der Waals surface area contributed by atoms with E-state index in [9.17, 15) is 14.4 Å². The minimum atomic E-state index is -0.488. The summed E-state index contributed by atoms with van der Waals surface area (Å²) in [7, 11) is 0. The van der Waals surface area contributed by atoms with E-state index in [1.165, 1.54) is 6.07 Å². The van der Waals surface area contributed by atoms with Crippen LogP contribution >= 0.6 is 0 Å². The summed E-state index contributed by atoms with van der Waals surface area (Å²) < 4.78 is 13.9.